The van der Waals surface area contributed by atoms with E-state index >= 15 is 0 Å². The second-order valence-electron chi connectivity index (χ2n) is 6.14. The lowest BCUT2D eigenvalue weighted by atomic mass is 10.0. The number of hydrogen-bond donors (Lipinski definition) is 2. The van der Waals surface area contributed by atoms with E-state index in [2.05, 4.69) is 0 Å². The zero-order valence-corrected chi connectivity index (χ0v) is 14.0. The zero-order chi connectivity index (χ0) is 17.4. The van der Waals surface area contributed by atoms with Crippen molar-refractivity contribution in [2.45, 2.75) is 32.5 Å². The predicted molar refractivity (Wildman–Crippen MR) is 94.0 cm³/mol. The normalized spacial score (nSPS) is 13.3. The fourth-order valence-electron chi connectivity index (χ4n) is 2.71. The summed E-state index contributed by atoms with van der Waals surface area (Å²) in [5, 5.41) is 18.6. The first-order valence-corrected chi connectivity index (χ1v) is 8.25. The summed E-state index contributed by atoms with van der Waals surface area (Å²) in [7, 11) is 0. The van der Waals surface area contributed by atoms with E-state index in [0.717, 1.165) is 11.1 Å². The van der Waals surface area contributed by atoms with Gasteiger partial charge in [-0.2, -0.15) is 0 Å². The molecule has 0 saturated heterocycles. The fraction of sp³-hybridized carbons (Fsp3) is 0.350. The number of aliphatic hydroxyl groups excluding tert-OH is 2. The second kappa shape index (κ2) is 9.21. The van der Waals surface area contributed by atoms with Gasteiger partial charge in [0.25, 0.3) is 0 Å². The molecule has 0 heterocycles. The largest absolute Gasteiger partial charge is 0.394 e. The Morgan fingerprint density at radius 2 is 1.42 bits per heavy atom. The third-order valence-electron chi connectivity index (χ3n) is 4.00. The van der Waals surface area contributed by atoms with Gasteiger partial charge in [0.15, 0.2) is 0 Å². The molecule has 0 bridgehead atoms. The molecule has 128 valence electrons. The molecule has 24 heavy (non-hydrogen) atoms. The van der Waals surface area contributed by atoms with Crippen molar-refractivity contribution in [3.63, 3.8) is 0 Å². The fourth-order valence-corrected chi connectivity index (χ4v) is 2.71. The molecule has 0 aromatic heterocycles. The first-order chi connectivity index (χ1) is 11.6. The van der Waals surface area contributed by atoms with Crippen molar-refractivity contribution >= 4 is 5.91 Å². The van der Waals surface area contributed by atoms with Crippen LogP contribution >= 0.6 is 0 Å². The number of benzene rings is 2. The average Bonchev–Trinajstić information content (AvgIpc) is 2.62. The van der Waals surface area contributed by atoms with Gasteiger partial charge >= 0.3 is 0 Å². The molecule has 0 unspecified atom stereocenters. The lowest BCUT2D eigenvalue weighted by molar-refractivity contribution is -0.137. The number of nitrogens with zero attached hydrogens (tertiary/aromatic N) is 1. The van der Waals surface area contributed by atoms with Crippen LogP contribution < -0.4 is 0 Å². The molecule has 0 fully saturated rings. The van der Waals surface area contributed by atoms with Crippen LogP contribution in [0.25, 0.3) is 0 Å². The highest BCUT2D eigenvalue weighted by molar-refractivity contribution is 5.78. The molecule has 2 aromatic rings. The van der Waals surface area contributed by atoms with E-state index in [4.69, 9.17) is 5.11 Å². The molecule has 0 aliphatic heterocycles. The molecule has 0 spiro atoms. The number of carbonyl (C=O) groups excluding carboxylic acids is 1. The van der Waals surface area contributed by atoms with Gasteiger partial charge in [0.1, 0.15) is 0 Å². The van der Waals surface area contributed by atoms with Gasteiger partial charge in [-0.3, -0.25) is 4.79 Å². The summed E-state index contributed by atoms with van der Waals surface area (Å²) in [4.78, 5) is 14.6. The SMILES string of the molecule is C[C@H](C[C@@H](O)CO)C(=O)N(Cc1ccccc1)Cc1ccccc1. The smallest absolute Gasteiger partial charge is 0.226 e. The standard InChI is InChI=1S/C20H25NO3/c1-16(12-19(23)15-22)20(24)21(13-17-8-4-2-5-9-17)14-18-10-6-3-7-11-18/h2-11,16,19,22-23H,12-15H2,1H3/t16-,19-/m1/s1. The number of amides is 1. The predicted octanol–water partition coefficient (Wildman–Crippen LogP) is 2.59. The first kappa shape index (κ1) is 18.2. The maximum atomic E-state index is 12.8. The molecule has 2 N–H and O–H groups in total. The van der Waals surface area contributed by atoms with Crippen LogP contribution in [0.5, 0.6) is 0 Å². The molecule has 4 nitrogen and oxygen atoms in total. The van der Waals surface area contributed by atoms with E-state index < -0.39 is 6.10 Å². The van der Waals surface area contributed by atoms with Gasteiger partial charge in [-0.15, -0.1) is 0 Å². The van der Waals surface area contributed by atoms with Crippen molar-refractivity contribution in [1.82, 2.24) is 4.90 Å². The third kappa shape index (κ3) is 5.48. The molecule has 2 aromatic carbocycles. The van der Waals surface area contributed by atoms with Crippen LogP contribution in [-0.4, -0.2) is 33.7 Å². The average molecular weight is 327 g/mol. The van der Waals surface area contributed by atoms with E-state index in [1.165, 1.54) is 0 Å². The Kier molecular flexibility index (Phi) is 6.97. The van der Waals surface area contributed by atoms with Crippen molar-refractivity contribution in [2.75, 3.05) is 6.61 Å². The van der Waals surface area contributed by atoms with E-state index in [9.17, 15) is 9.90 Å². The van der Waals surface area contributed by atoms with Gasteiger partial charge in [0, 0.05) is 19.0 Å². The number of rotatable bonds is 8. The van der Waals surface area contributed by atoms with Gasteiger partial charge in [-0.1, -0.05) is 67.6 Å². The van der Waals surface area contributed by atoms with E-state index in [1.54, 1.807) is 11.8 Å². The minimum atomic E-state index is -0.862. The lowest BCUT2D eigenvalue weighted by Gasteiger charge is -2.27. The summed E-state index contributed by atoms with van der Waals surface area (Å²) in [6, 6.07) is 19.7. The first-order valence-electron chi connectivity index (χ1n) is 8.25. The summed E-state index contributed by atoms with van der Waals surface area (Å²) in [6.07, 6.45) is -0.602. The Labute approximate surface area is 143 Å². The molecule has 0 aliphatic carbocycles. The molecule has 2 rings (SSSR count). The number of carbonyl (C=O) groups is 1. The highest BCUT2D eigenvalue weighted by Crippen LogP contribution is 2.16. The van der Waals surface area contributed by atoms with Gasteiger partial charge < -0.3 is 15.1 Å². The maximum Gasteiger partial charge on any atom is 0.226 e. The van der Waals surface area contributed by atoms with Crippen molar-refractivity contribution in [2.24, 2.45) is 5.92 Å². The van der Waals surface area contributed by atoms with Crippen molar-refractivity contribution in [1.29, 1.82) is 0 Å². The number of hydrogen-bond acceptors (Lipinski definition) is 3. The lowest BCUT2D eigenvalue weighted by Crippen LogP contribution is -2.36. The second-order valence-corrected chi connectivity index (χ2v) is 6.14. The summed E-state index contributed by atoms with van der Waals surface area (Å²) >= 11 is 0. The van der Waals surface area contributed by atoms with Gasteiger partial charge in [0.05, 0.1) is 12.7 Å². The summed E-state index contributed by atoms with van der Waals surface area (Å²) in [5.41, 5.74) is 2.13. The van der Waals surface area contributed by atoms with Gasteiger partial charge in [-0.05, 0) is 17.5 Å². The van der Waals surface area contributed by atoms with Crippen LogP contribution in [0.2, 0.25) is 0 Å². The summed E-state index contributed by atoms with van der Waals surface area (Å²) < 4.78 is 0. The van der Waals surface area contributed by atoms with Crippen molar-refractivity contribution < 1.29 is 15.0 Å². The molecule has 0 saturated carbocycles. The Bertz CT molecular complexity index is 574. The summed E-state index contributed by atoms with van der Waals surface area (Å²) in [6.45, 7) is 2.52. The highest BCUT2D eigenvalue weighted by Gasteiger charge is 2.23. The van der Waals surface area contributed by atoms with Crippen molar-refractivity contribution in [3.05, 3.63) is 71.8 Å². The molecule has 1 amide bonds. The molecular weight excluding hydrogens is 302 g/mol. The maximum absolute atomic E-state index is 12.8. The van der Waals surface area contributed by atoms with Crippen LogP contribution in [0.15, 0.2) is 60.7 Å². The van der Waals surface area contributed by atoms with Gasteiger partial charge in [-0.25, -0.2) is 0 Å². The zero-order valence-electron chi connectivity index (χ0n) is 14.0. The minimum absolute atomic E-state index is 0.0183. The molecule has 0 aliphatic rings. The van der Waals surface area contributed by atoms with Crippen molar-refractivity contribution in [3.8, 4) is 0 Å². The number of aliphatic hydroxyl groups is 2. The third-order valence-corrected chi connectivity index (χ3v) is 4.00. The Hall–Kier alpha value is -2.17. The monoisotopic (exact) mass is 327 g/mol. The summed E-state index contributed by atoms with van der Waals surface area (Å²) in [5.74, 6) is -0.366. The molecule has 0 radical (unpaired) electrons. The quantitative estimate of drug-likeness (QED) is 0.783. The van der Waals surface area contributed by atoms with Crippen LogP contribution in [0.3, 0.4) is 0 Å². The van der Waals surface area contributed by atoms with E-state index in [-0.39, 0.29) is 24.9 Å². The molecular formula is C20H25NO3. The minimum Gasteiger partial charge on any atom is -0.394 e. The van der Waals surface area contributed by atoms with Crippen LogP contribution in [0.1, 0.15) is 24.5 Å². The van der Waals surface area contributed by atoms with Crippen LogP contribution in [-0.2, 0) is 17.9 Å². The highest BCUT2D eigenvalue weighted by atomic mass is 16.3. The van der Waals surface area contributed by atoms with Gasteiger partial charge in [0.2, 0.25) is 5.91 Å². The van der Waals surface area contributed by atoms with Crippen LogP contribution in [0, 0.1) is 5.92 Å². The Morgan fingerprint density at radius 3 is 1.83 bits per heavy atom. The molecule has 2 atom stereocenters. The van der Waals surface area contributed by atoms with E-state index in [1.807, 2.05) is 60.7 Å². The Balaban J connectivity index is 2.13. The van der Waals surface area contributed by atoms with Crippen LogP contribution in [0.4, 0.5) is 0 Å². The van der Waals surface area contributed by atoms with E-state index in [0.29, 0.717) is 13.1 Å². The topological polar surface area (TPSA) is 60.8 Å². The molecule has 4 heteroatoms. The Morgan fingerprint density at radius 1 is 0.958 bits per heavy atom.